The van der Waals surface area contributed by atoms with E-state index in [0.29, 0.717) is 6.42 Å². The molecule has 26 heavy (non-hydrogen) atoms. The third-order valence-corrected chi connectivity index (χ3v) is 5.74. The number of nitrogens with zero attached hydrogens (tertiary/aromatic N) is 2. The van der Waals surface area contributed by atoms with E-state index in [4.69, 9.17) is 0 Å². The summed E-state index contributed by atoms with van der Waals surface area (Å²) in [6.07, 6.45) is 5.50. The van der Waals surface area contributed by atoms with Crippen LogP contribution < -0.4 is 5.32 Å². The number of urea groups is 1. The molecule has 5 heteroatoms. The van der Waals surface area contributed by atoms with Gasteiger partial charge in [0.05, 0.1) is 0 Å². The second-order valence-corrected chi connectivity index (χ2v) is 7.81. The van der Waals surface area contributed by atoms with Crippen molar-refractivity contribution < 1.29 is 9.59 Å². The van der Waals surface area contributed by atoms with E-state index < -0.39 is 0 Å². The van der Waals surface area contributed by atoms with Crippen molar-refractivity contribution in [2.75, 3.05) is 32.7 Å². The first kappa shape index (κ1) is 18.7. The molecule has 0 radical (unpaired) electrons. The Morgan fingerprint density at radius 2 is 2.00 bits per heavy atom. The molecule has 0 aromatic heterocycles. The highest BCUT2D eigenvalue weighted by molar-refractivity contribution is 5.77. The smallest absolute Gasteiger partial charge is 0.317 e. The number of carbonyl (C=O) groups is 2. The summed E-state index contributed by atoms with van der Waals surface area (Å²) in [5.41, 5.74) is 1.34. The molecule has 0 unspecified atom stereocenters. The predicted molar refractivity (Wildman–Crippen MR) is 103 cm³/mol. The lowest BCUT2D eigenvalue weighted by Crippen LogP contribution is -2.56. The lowest BCUT2D eigenvalue weighted by Gasteiger charge is -2.48. The fraction of sp³-hybridized carbons (Fsp3) is 0.619. The van der Waals surface area contributed by atoms with Crippen LogP contribution >= 0.6 is 0 Å². The Morgan fingerprint density at radius 1 is 1.19 bits per heavy atom. The largest absolute Gasteiger partial charge is 0.342 e. The van der Waals surface area contributed by atoms with Crippen molar-refractivity contribution in [3.8, 4) is 0 Å². The normalized spacial score (nSPS) is 23.3. The number of benzene rings is 1. The molecule has 2 aliphatic rings. The molecule has 2 fully saturated rings. The van der Waals surface area contributed by atoms with Crippen LogP contribution in [0.2, 0.25) is 0 Å². The van der Waals surface area contributed by atoms with Gasteiger partial charge in [-0.25, -0.2) is 4.79 Å². The van der Waals surface area contributed by atoms with Crippen molar-refractivity contribution in [2.45, 2.75) is 45.4 Å². The quantitative estimate of drug-likeness (QED) is 0.880. The molecule has 1 aromatic carbocycles. The van der Waals surface area contributed by atoms with Crippen LogP contribution in [0.1, 0.15) is 44.6 Å². The Bertz CT molecular complexity index is 619. The Balaban J connectivity index is 1.60. The van der Waals surface area contributed by atoms with E-state index in [0.717, 1.165) is 64.8 Å². The van der Waals surface area contributed by atoms with Gasteiger partial charge >= 0.3 is 6.03 Å². The zero-order chi connectivity index (χ0) is 18.4. The maximum Gasteiger partial charge on any atom is 0.317 e. The van der Waals surface area contributed by atoms with Crippen LogP contribution in [0, 0.1) is 5.41 Å². The van der Waals surface area contributed by atoms with Crippen molar-refractivity contribution in [3.05, 3.63) is 35.9 Å². The molecule has 0 saturated carbocycles. The first-order chi connectivity index (χ1) is 12.6. The molecule has 2 saturated heterocycles. The standard InChI is InChI=1S/C21H31N3O2/c1-2-13-22-20(26)24-14-6-11-21(17-24)12-9-19(25)23(16-21)15-10-18-7-4-3-5-8-18/h3-5,7-8H,2,6,9-17H2,1H3,(H,22,26)/t21-/m1/s1. The Kier molecular flexibility index (Phi) is 6.17. The van der Waals surface area contributed by atoms with E-state index in [9.17, 15) is 9.59 Å². The maximum absolute atomic E-state index is 12.4. The Morgan fingerprint density at radius 3 is 2.77 bits per heavy atom. The van der Waals surface area contributed by atoms with E-state index >= 15 is 0 Å². The Hall–Kier alpha value is -2.04. The molecule has 3 amide bonds. The third kappa shape index (κ3) is 4.57. The zero-order valence-electron chi connectivity index (χ0n) is 15.9. The van der Waals surface area contributed by atoms with Gasteiger partial charge in [-0.05, 0) is 37.7 Å². The summed E-state index contributed by atoms with van der Waals surface area (Å²) in [7, 11) is 0. The number of likely N-dealkylation sites (tertiary alicyclic amines) is 2. The van der Waals surface area contributed by atoms with E-state index in [1.807, 2.05) is 28.0 Å². The predicted octanol–water partition coefficient (Wildman–Crippen LogP) is 3.05. The van der Waals surface area contributed by atoms with Gasteiger partial charge in [-0.15, -0.1) is 0 Å². The lowest BCUT2D eigenvalue weighted by atomic mass is 9.73. The fourth-order valence-corrected chi connectivity index (χ4v) is 4.27. The molecule has 1 aromatic rings. The van der Waals surface area contributed by atoms with Gasteiger partial charge < -0.3 is 15.1 Å². The van der Waals surface area contributed by atoms with Gasteiger partial charge in [-0.3, -0.25) is 4.79 Å². The first-order valence-electron chi connectivity index (χ1n) is 9.96. The van der Waals surface area contributed by atoms with Crippen LogP contribution in [0.4, 0.5) is 4.79 Å². The third-order valence-electron chi connectivity index (χ3n) is 5.74. The first-order valence-corrected chi connectivity index (χ1v) is 9.96. The summed E-state index contributed by atoms with van der Waals surface area (Å²) >= 11 is 0. The number of rotatable bonds is 5. The molecule has 0 bridgehead atoms. The molecule has 2 heterocycles. The second kappa shape index (κ2) is 8.56. The molecule has 3 rings (SSSR count). The summed E-state index contributed by atoms with van der Waals surface area (Å²) in [6, 6.07) is 10.4. The summed E-state index contributed by atoms with van der Waals surface area (Å²) in [5.74, 6) is 0.263. The van der Waals surface area contributed by atoms with Gasteiger partial charge in [0.1, 0.15) is 0 Å². The van der Waals surface area contributed by atoms with Crippen LogP contribution in [-0.2, 0) is 11.2 Å². The van der Waals surface area contributed by atoms with Crippen molar-refractivity contribution in [1.29, 1.82) is 0 Å². The van der Waals surface area contributed by atoms with Crippen LogP contribution in [0.25, 0.3) is 0 Å². The number of nitrogens with one attached hydrogen (secondary N) is 1. The highest BCUT2D eigenvalue weighted by atomic mass is 16.2. The maximum atomic E-state index is 12.4. The van der Waals surface area contributed by atoms with Crippen LogP contribution in [0.5, 0.6) is 0 Å². The van der Waals surface area contributed by atoms with Gasteiger partial charge in [0.25, 0.3) is 0 Å². The minimum Gasteiger partial charge on any atom is -0.342 e. The van der Waals surface area contributed by atoms with E-state index in [1.165, 1.54) is 5.56 Å². The molecule has 1 spiro atoms. The molecule has 0 aliphatic carbocycles. The van der Waals surface area contributed by atoms with Gasteiger partial charge in [0, 0.05) is 44.6 Å². The van der Waals surface area contributed by atoms with Crippen molar-refractivity contribution in [2.24, 2.45) is 5.41 Å². The molecule has 142 valence electrons. The second-order valence-electron chi connectivity index (χ2n) is 7.81. The monoisotopic (exact) mass is 357 g/mol. The average Bonchev–Trinajstić information content (AvgIpc) is 2.68. The summed E-state index contributed by atoms with van der Waals surface area (Å²) in [6.45, 7) is 5.95. The van der Waals surface area contributed by atoms with Crippen LogP contribution in [-0.4, -0.2) is 54.5 Å². The zero-order valence-corrected chi connectivity index (χ0v) is 15.9. The number of hydrogen-bond donors (Lipinski definition) is 1. The fourth-order valence-electron chi connectivity index (χ4n) is 4.27. The molecule has 1 N–H and O–H groups in total. The lowest BCUT2D eigenvalue weighted by molar-refractivity contribution is -0.138. The van der Waals surface area contributed by atoms with E-state index in [-0.39, 0.29) is 17.4 Å². The summed E-state index contributed by atoms with van der Waals surface area (Å²) in [4.78, 5) is 28.8. The number of carbonyl (C=O) groups excluding carboxylic acids is 2. The Labute approximate surface area is 156 Å². The highest BCUT2D eigenvalue weighted by Gasteiger charge is 2.42. The minimum atomic E-state index is 0.0543. The molecule has 2 aliphatic heterocycles. The highest BCUT2D eigenvalue weighted by Crippen LogP contribution is 2.38. The van der Waals surface area contributed by atoms with Crippen molar-refractivity contribution in [3.63, 3.8) is 0 Å². The number of piperidine rings is 2. The van der Waals surface area contributed by atoms with Gasteiger partial charge in [-0.1, -0.05) is 37.3 Å². The van der Waals surface area contributed by atoms with E-state index in [2.05, 4.69) is 24.4 Å². The minimum absolute atomic E-state index is 0.0543. The molecule has 5 nitrogen and oxygen atoms in total. The van der Waals surface area contributed by atoms with Crippen molar-refractivity contribution >= 4 is 11.9 Å². The van der Waals surface area contributed by atoms with Crippen LogP contribution in [0.15, 0.2) is 30.3 Å². The topological polar surface area (TPSA) is 52.7 Å². The SMILES string of the molecule is CCCNC(=O)N1CCC[C@]2(CCC(=O)N(CCc3ccccc3)C2)C1. The van der Waals surface area contributed by atoms with Crippen molar-refractivity contribution in [1.82, 2.24) is 15.1 Å². The van der Waals surface area contributed by atoms with Gasteiger partial charge in [-0.2, -0.15) is 0 Å². The average molecular weight is 357 g/mol. The molecular weight excluding hydrogens is 326 g/mol. The number of amides is 3. The number of hydrogen-bond acceptors (Lipinski definition) is 2. The van der Waals surface area contributed by atoms with E-state index in [1.54, 1.807) is 0 Å². The summed E-state index contributed by atoms with van der Waals surface area (Å²) in [5, 5.41) is 3.00. The van der Waals surface area contributed by atoms with Gasteiger partial charge in [0.15, 0.2) is 0 Å². The van der Waals surface area contributed by atoms with Gasteiger partial charge in [0.2, 0.25) is 5.91 Å². The summed E-state index contributed by atoms with van der Waals surface area (Å²) < 4.78 is 0. The molecule has 1 atom stereocenters. The van der Waals surface area contributed by atoms with Crippen LogP contribution in [0.3, 0.4) is 0 Å². The molecular formula is C21H31N3O2.